The minimum atomic E-state index is -0.648. The summed E-state index contributed by atoms with van der Waals surface area (Å²) in [6, 6.07) is 0. The van der Waals surface area contributed by atoms with Gasteiger partial charge < -0.3 is 10.4 Å². The standard InChI is InChI=1S/C9H13NO2/c1-2-4-8(11)10-7-9(12)5-3-6-9/h12H,3,5-7H2,1H3,(H,10,11). The van der Waals surface area contributed by atoms with Crippen molar-refractivity contribution in [2.24, 2.45) is 0 Å². The van der Waals surface area contributed by atoms with Crippen molar-refractivity contribution in [3.05, 3.63) is 0 Å². The molecule has 0 unspecified atom stereocenters. The summed E-state index contributed by atoms with van der Waals surface area (Å²) in [6.45, 7) is 1.94. The van der Waals surface area contributed by atoms with Gasteiger partial charge in [0.15, 0.2) is 0 Å². The molecule has 1 rings (SSSR count). The molecule has 0 saturated heterocycles. The maximum absolute atomic E-state index is 10.8. The number of hydrogen-bond acceptors (Lipinski definition) is 2. The summed E-state index contributed by atoms with van der Waals surface area (Å²) in [5, 5.41) is 12.1. The van der Waals surface area contributed by atoms with Crippen LogP contribution in [0.25, 0.3) is 0 Å². The van der Waals surface area contributed by atoms with Crippen LogP contribution in [0.3, 0.4) is 0 Å². The molecular formula is C9H13NO2. The first-order valence-electron chi connectivity index (χ1n) is 4.09. The molecule has 0 heterocycles. The zero-order valence-corrected chi connectivity index (χ0v) is 7.18. The monoisotopic (exact) mass is 167 g/mol. The number of aliphatic hydroxyl groups is 1. The number of amides is 1. The van der Waals surface area contributed by atoms with Gasteiger partial charge in [0.1, 0.15) is 0 Å². The van der Waals surface area contributed by atoms with Gasteiger partial charge in [-0.1, -0.05) is 5.92 Å². The van der Waals surface area contributed by atoms with Crippen LogP contribution >= 0.6 is 0 Å². The second kappa shape index (κ2) is 3.59. The van der Waals surface area contributed by atoms with Crippen molar-refractivity contribution in [3.8, 4) is 11.8 Å². The third-order valence-electron chi connectivity index (χ3n) is 2.10. The van der Waals surface area contributed by atoms with E-state index in [4.69, 9.17) is 0 Å². The maximum atomic E-state index is 10.8. The van der Waals surface area contributed by atoms with E-state index in [1.54, 1.807) is 6.92 Å². The lowest BCUT2D eigenvalue weighted by atomic mass is 9.80. The Labute approximate surface area is 72.2 Å². The number of carbonyl (C=O) groups excluding carboxylic acids is 1. The summed E-state index contributed by atoms with van der Waals surface area (Å²) in [5.41, 5.74) is -0.648. The molecule has 0 aromatic heterocycles. The Kier molecular flexibility index (Phi) is 2.72. The highest BCUT2D eigenvalue weighted by molar-refractivity contribution is 5.93. The Hall–Kier alpha value is -1.01. The van der Waals surface area contributed by atoms with Gasteiger partial charge in [-0.05, 0) is 32.1 Å². The summed E-state index contributed by atoms with van der Waals surface area (Å²) < 4.78 is 0. The largest absolute Gasteiger partial charge is 0.388 e. The van der Waals surface area contributed by atoms with Crippen molar-refractivity contribution in [1.29, 1.82) is 0 Å². The van der Waals surface area contributed by atoms with E-state index in [9.17, 15) is 9.90 Å². The van der Waals surface area contributed by atoms with Crippen molar-refractivity contribution in [1.82, 2.24) is 5.32 Å². The van der Waals surface area contributed by atoms with E-state index in [0.29, 0.717) is 6.54 Å². The van der Waals surface area contributed by atoms with Gasteiger partial charge in [-0.25, -0.2) is 0 Å². The van der Waals surface area contributed by atoms with E-state index in [0.717, 1.165) is 19.3 Å². The average molecular weight is 167 g/mol. The molecule has 1 aliphatic rings. The van der Waals surface area contributed by atoms with Gasteiger partial charge in [-0.3, -0.25) is 4.79 Å². The second-order valence-electron chi connectivity index (χ2n) is 3.14. The smallest absolute Gasteiger partial charge is 0.295 e. The quantitative estimate of drug-likeness (QED) is 0.570. The third kappa shape index (κ3) is 2.24. The van der Waals surface area contributed by atoms with Gasteiger partial charge in [0.05, 0.1) is 5.60 Å². The molecule has 12 heavy (non-hydrogen) atoms. The predicted molar refractivity (Wildman–Crippen MR) is 45.3 cm³/mol. The van der Waals surface area contributed by atoms with Crippen LogP contribution in [0.5, 0.6) is 0 Å². The van der Waals surface area contributed by atoms with Crippen molar-refractivity contribution in [2.45, 2.75) is 31.8 Å². The highest BCUT2D eigenvalue weighted by Crippen LogP contribution is 2.30. The lowest BCUT2D eigenvalue weighted by Crippen LogP contribution is -2.47. The summed E-state index contributed by atoms with van der Waals surface area (Å²) in [4.78, 5) is 10.8. The van der Waals surface area contributed by atoms with Crippen molar-refractivity contribution in [3.63, 3.8) is 0 Å². The lowest BCUT2D eigenvalue weighted by molar-refractivity contribution is -0.118. The van der Waals surface area contributed by atoms with Crippen LogP contribution in [0, 0.1) is 11.8 Å². The van der Waals surface area contributed by atoms with E-state index >= 15 is 0 Å². The predicted octanol–water partition coefficient (Wildman–Crippen LogP) is 0.0409. The van der Waals surface area contributed by atoms with Gasteiger partial charge in [-0.2, -0.15) is 0 Å². The highest BCUT2D eigenvalue weighted by atomic mass is 16.3. The van der Waals surface area contributed by atoms with Crippen molar-refractivity contribution in [2.75, 3.05) is 6.54 Å². The summed E-state index contributed by atoms with van der Waals surface area (Å²) in [7, 11) is 0. The molecule has 1 fully saturated rings. The van der Waals surface area contributed by atoms with E-state index in [1.165, 1.54) is 0 Å². The fraction of sp³-hybridized carbons (Fsp3) is 0.667. The molecule has 1 saturated carbocycles. The minimum Gasteiger partial charge on any atom is -0.388 e. The summed E-state index contributed by atoms with van der Waals surface area (Å²) in [5.74, 6) is 4.54. The van der Waals surface area contributed by atoms with Crippen LogP contribution in [0.4, 0.5) is 0 Å². The number of nitrogens with one attached hydrogen (secondary N) is 1. The first-order valence-corrected chi connectivity index (χ1v) is 4.09. The molecule has 0 atom stereocenters. The van der Waals surface area contributed by atoms with Crippen LogP contribution in [0.15, 0.2) is 0 Å². The van der Waals surface area contributed by atoms with Crippen LogP contribution in [-0.4, -0.2) is 23.2 Å². The molecule has 0 spiro atoms. The molecule has 66 valence electrons. The van der Waals surface area contributed by atoms with E-state index in [2.05, 4.69) is 17.2 Å². The van der Waals surface area contributed by atoms with E-state index in [-0.39, 0.29) is 5.91 Å². The van der Waals surface area contributed by atoms with Gasteiger partial charge in [-0.15, -0.1) is 0 Å². The molecule has 1 amide bonds. The molecule has 3 heteroatoms. The molecule has 0 radical (unpaired) electrons. The number of hydrogen-bond donors (Lipinski definition) is 2. The molecule has 0 bridgehead atoms. The van der Waals surface area contributed by atoms with Crippen LogP contribution in [0.1, 0.15) is 26.2 Å². The minimum absolute atomic E-state index is 0.308. The van der Waals surface area contributed by atoms with Gasteiger partial charge >= 0.3 is 0 Å². The van der Waals surface area contributed by atoms with Crippen molar-refractivity contribution < 1.29 is 9.90 Å². The first-order chi connectivity index (χ1) is 5.66. The Morgan fingerprint density at radius 1 is 1.67 bits per heavy atom. The topological polar surface area (TPSA) is 49.3 Å². The van der Waals surface area contributed by atoms with Gasteiger partial charge in [0.2, 0.25) is 0 Å². The molecule has 2 N–H and O–H groups in total. The van der Waals surface area contributed by atoms with E-state index < -0.39 is 5.60 Å². The summed E-state index contributed by atoms with van der Waals surface area (Å²) >= 11 is 0. The fourth-order valence-corrected chi connectivity index (χ4v) is 1.16. The van der Waals surface area contributed by atoms with Crippen LogP contribution in [-0.2, 0) is 4.79 Å². The maximum Gasteiger partial charge on any atom is 0.295 e. The Balaban J connectivity index is 2.23. The molecule has 0 aromatic rings. The molecular weight excluding hydrogens is 154 g/mol. The van der Waals surface area contributed by atoms with Gasteiger partial charge in [0, 0.05) is 6.54 Å². The molecule has 0 aliphatic heterocycles. The average Bonchev–Trinajstić information content (AvgIpc) is 1.98. The number of rotatable bonds is 2. The van der Waals surface area contributed by atoms with Crippen molar-refractivity contribution >= 4 is 5.91 Å². The van der Waals surface area contributed by atoms with Crippen LogP contribution in [0.2, 0.25) is 0 Å². The third-order valence-corrected chi connectivity index (χ3v) is 2.10. The highest BCUT2D eigenvalue weighted by Gasteiger charge is 2.34. The zero-order chi connectivity index (χ0) is 9.03. The fourth-order valence-electron chi connectivity index (χ4n) is 1.16. The summed E-state index contributed by atoms with van der Waals surface area (Å²) in [6.07, 6.45) is 2.62. The normalized spacial score (nSPS) is 18.5. The Morgan fingerprint density at radius 2 is 2.33 bits per heavy atom. The Morgan fingerprint density at radius 3 is 2.75 bits per heavy atom. The first kappa shape index (κ1) is 9.08. The Bertz CT molecular complexity index is 233. The molecule has 0 aromatic carbocycles. The lowest BCUT2D eigenvalue weighted by Gasteiger charge is -2.36. The number of carbonyl (C=O) groups is 1. The molecule has 3 nitrogen and oxygen atoms in total. The second-order valence-corrected chi connectivity index (χ2v) is 3.14. The van der Waals surface area contributed by atoms with Gasteiger partial charge in [0.25, 0.3) is 5.91 Å². The zero-order valence-electron chi connectivity index (χ0n) is 7.18. The molecule has 1 aliphatic carbocycles. The van der Waals surface area contributed by atoms with E-state index in [1.807, 2.05) is 0 Å². The SMILES string of the molecule is CC#CC(=O)NCC1(O)CCC1. The van der Waals surface area contributed by atoms with Crippen LogP contribution < -0.4 is 5.32 Å².